The summed E-state index contributed by atoms with van der Waals surface area (Å²) in [6, 6.07) is 28.2. The third kappa shape index (κ3) is 3.68. The van der Waals surface area contributed by atoms with Crippen LogP contribution >= 0.6 is 0 Å². The first-order valence-corrected chi connectivity index (χ1v) is 9.44. The fraction of sp³-hybridized carbons (Fsp3) is 0.0769. The van der Waals surface area contributed by atoms with Crippen LogP contribution in [0.4, 0.5) is 0 Å². The first kappa shape index (κ1) is 18.3. The van der Waals surface area contributed by atoms with Gasteiger partial charge in [0.2, 0.25) is 0 Å². The molecule has 4 aromatic rings. The smallest absolute Gasteiger partial charge is 0.0998 e. The van der Waals surface area contributed by atoms with Gasteiger partial charge in [0.1, 0.15) is 0 Å². The van der Waals surface area contributed by atoms with Gasteiger partial charge in [-0.25, -0.2) is 0 Å². The number of aromatic nitrogens is 1. The lowest BCUT2D eigenvalue weighted by atomic mass is 10.0. The molecule has 3 aromatic carbocycles. The van der Waals surface area contributed by atoms with Gasteiger partial charge in [-0.2, -0.15) is 10.5 Å². The van der Waals surface area contributed by atoms with Crippen molar-refractivity contribution in [3.05, 3.63) is 107 Å². The summed E-state index contributed by atoms with van der Waals surface area (Å²) in [4.78, 5) is 0. The molecule has 0 atom stereocenters. The molecule has 0 aliphatic rings. The number of hydrogen-bond acceptors (Lipinski definition) is 2. The third-order valence-corrected chi connectivity index (χ3v) is 5.14. The van der Waals surface area contributed by atoms with Crippen molar-refractivity contribution < 1.29 is 0 Å². The van der Waals surface area contributed by atoms with Gasteiger partial charge in [0.05, 0.1) is 23.3 Å². The highest BCUT2D eigenvalue weighted by Gasteiger charge is 2.10. The molecule has 0 saturated heterocycles. The van der Waals surface area contributed by atoms with Crippen LogP contribution in [0.1, 0.15) is 27.8 Å². The van der Waals surface area contributed by atoms with Crippen molar-refractivity contribution in [2.75, 3.05) is 0 Å². The molecule has 0 saturated carbocycles. The largest absolute Gasteiger partial charge is 0.342 e. The summed E-state index contributed by atoms with van der Waals surface area (Å²) in [5.74, 6) is 0. The summed E-state index contributed by atoms with van der Waals surface area (Å²) < 4.78 is 2.23. The average molecular weight is 373 g/mol. The van der Waals surface area contributed by atoms with E-state index >= 15 is 0 Å². The van der Waals surface area contributed by atoms with Crippen LogP contribution in [0.15, 0.2) is 79.0 Å². The van der Waals surface area contributed by atoms with E-state index in [9.17, 15) is 5.26 Å². The van der Waals surface area contributed by atoms with Crippen LogP contribution in [0.2, 0.25) is 0 Å². The number of allylic oxidation sites excluding steroid dienone is 1. The predicted octanol–water partition coefficient (Wildman–Crippen LogP) is 5.93. The van der Waals surface area contributed by atoms with Crippen LogP contribution in [0.25, 0.3) is 22.6 Å². The second kappa shape index (κ2) is 7.89. The molecule has 0 bridgehead atoms. The maximum Gasteiger partial charge on any atom is 0.0998 e. The Labute approximate surface area is 170 Å². The molecule has 0 spiro atoms. The molecular formula is C26H19N3. The van der Waals surface area contributed by atoms with Crippen molar-refractivity contribution in [3.63, 3.8) is 0 Å². The van der Waals surface area contributed by atoms with E-state index in [1.54, 1.807) is 18.2 Å². The van der Waals surface area contributed by atoms with Crippen LogP contribution in [0, 0.1) is 29.6 Å². The van der Waals surface area contributed by atoms with Gasteiger partial charge in [-0.3, -0.25) is 0 Å². The van der Waals surface area contributed by atoms with Gasteiger partial charge in [0.15, 0.2) is 0 Å². The van der Waals surface area contributed by atoms with Crippen molar-refractivity contribution >= 4 is 22.6 Å². The lowest BCUT2D eigenvalue weighted by molar-refractivity contribution is 0.830. The average Bonchev–Trinajstić information content (AvgIpc) is 3.11. The van der Waals surface area contributed by atoms with Crippen LogP contribution in [0.5, 0.6) is 0 Å². The van der Waals surface area contributed by atoms with Crippen molar-refractivity contribution in [1.29, 1.82) is 10.5 Å². The number of para-hydroxylation sites is 1. The lowest BCUT2D eigenvalue weighted by Crippen LogP contribution is -1.99. The van der Waals surface area contributed by atoms with E-state index in [4.69, 9.17) is 5.26 Å². The molecule has 0 aliphatic heterocycles. The minimum absolute atomic E-state index is 0.542. The molecular weight excluding hydrogens is 354 g/mol. The molecule has 1 aromatic heterocycles. The van der Waals surface area contributed by atoms with Crippen LogP contribution < -0.4 is 0 Å². The van der Waals surface area contributed by atoms with Gasteiger partial charge >= 0.3 is 0 Å². The van der Waals surface area contributed by atoms with Gasteiger partial charge < -0.3 is 4.57 Å². The Hall–Kier alpha value is -4.08. The van der Waals surface area contributed by atoms with Crippen molar-refractivity contribution in [2.24, 2.45) is 0 Å². The fourth-order valence-corrected chi connectivity index (χ4v) is 3.58. The molecule has 3 nitrogen and oxygen atoms in total. The predicted molar refractivity (Wildman–Crippen MR) is 117 cm³/mol. The van der Waals surface area contributed by atoms with E-state index in [1.165, 1.54) is 11.1 Å². The van der Waals surface area contributed by atoms with E-state index in [0.717, 1.165) is 28.6 Å². The highest BCUT2D eigenvalue weighted by Crippen LogP contribution is 2.27. The topological polar surface area (TPSA) is 52.5 Å². The van der Waals surface area contributed by atoms with Gasteiger partial charge in [-0.15, -0.1) is 0 Å². The summed E-state index contributed by atoms with van der Waals surface area (Å²) >= 11 is 0. The SMILES string of the molecule is Cc1ccccc1Cn1cc(C=C(C#N)c2cccc(C#N)c2)c2ccccc21. The highest BCUT2D eigenvalue weighted by molar-refractivity contribution is 5.98. The zero-order chi connectivity index (χ0) is 20.2. The fourth-order valence-electron chi connectivity index (χ4n) is 3.58. The Morgan fingerprint density at radius 3 is 2.55 bits per heavy atom. The Morgan fingerprint density at radius 2 is 1.76 bits per heavy atom. The highest BCUT2D eigenvalue weighted by atomic mass is 15.0. The summed E-state index contributed by atoms with van der Waals surface area (Å²) in [6.45, 7) is 2.89. The normalized spacial score (nSPS) is 11.2. The van der Waals surface area contributed by atoms with Crippen molar-refractivity contribution in [2.45, 2.75) is 13.5 Å². The van der Waals surface area contributed by atoms with Gasteiger partial charge in [0, 0.05) is 29.2 Å². The molecule has 0 unspecified atom stereocenters. The first-order valence-electron chi connectivity index (χ1n) is 9.44. The number of aryl methyl sites for hydroxylation is 1. The van der Waals surface area contributed by atoms with E-state index in [2.05, 4.69) is 66.2 Å². The first-order chi connectivity index (χ1) is 14.2. The Morgan fingerprint density at radius 1 is 0.966 bits per heavy atom. The quantitative estimate of drug-likeness (QED) is 0.416. The molecule has 3 heteroatoms. The molecule has 138 valence electrons. The van der Waals surface area contributed by atoms with Crippen LogP contribution in [0.3, 0.4) is 0 Å². The minimum atomic E-state index is 0.542. The molecule has 0 radical (unpaired) electrons. The Bertz CT molecular complexity index is 1310. The summed E-state index contributed by atoms with van der Waals surface area (Å²) in [6.07, 6.45) is 4.01. The second-order valence-electron chi connectivity index (χ2n) is 7.02. The third-order valence-electron chi connectivity index (χ3n) is 5.14. The molecule has 0 N–H and O–H groups in total. The summed E-state index contributed by atoms with van der Waals surface area (Å²) in [5, 5.41) is 20.0. The number of fused-ring (bicyclic) bond motifs is 1. The molecule has 1 heterocycles. The number of nitrogens with zero attached hydrogens (tertiary/aromatic N) is 3. The van der Waals surface area contributed by atoms with Crippen LogP contribution in [-0.2, 0) is 6.54 Å². The number of hydrogen-bond donors (Lipinski definition) is 0. The van der Waals surface area contributed by atoms with E-state index in [0.29, 0.717) is 11.1 Å². The van der Waals surface area contributed by atoms with E-state index in [1.807, 2.05) is 24.3 Å². The van der Waals surface area contributed by atoms with E-state index in [-0.39, 0.29) is 0 Å². The number of benzene rings is 3. The number of rotatable bonds is 4. The summed E-state index contributed by atoms with van der Waals surface area (Å²) in [5.41, 5.74) is 6.49. The number of nitriles is 2. The molecule has 29 heavy (non-hydrogen) atoms. The summed E-state index contributed by atoms with van der Waals surface area (Å²) in [7, 11) is 0. The maximum atomic E-state index is 9.75. The second-order valence-corrected chi connectivity index (χ2v) is 7.02. The Kier molecular flexibility index (Phi) is 4.97. The standard InChI is InChI=1S/C26H19N3/c1-19-7-2-3-9-22(19)17-29-18-24(25-11-4-5-12-26(25)29)14-23(16-28)21-10-6-8-20(13-21)15-27/h2-14,18H,17H2,1H3. The maximum absolute atomic E-state index is 9.75. The molecule has 4 rings (SSSR count). The van der Waals surface area contributed by atoms with Crippen molar-refractivity contribution in [3.8, 4) is 12.1 Å². The van der Waals surface area contributed by atoms with Crippen molar-refractivity contribution in [1.82, 2.24) is 4.57 Å². The molecule has 0 fully saturated rings. The van der Waals surface area contributed by atoms with Crippen LogP contribution in [-0.4, -0.2) is 4.57 Å². The zero-order valence-electron chi connectivity index (χ0n) is 16.1. The monoisotopic (exact) mass is 373 g/mol. The van der Waals surface area contributed by atoms with E-state index < -0.39 is 0 Å². The molecule has 0 aliphatic carbocycles. The molecule has 0 amide bonds. The minimum Gasteiger partial charge on any atom is -0.342 e. The van der Waals surface area contributed by atoms with Gasteiger partial charge in [0.25, 0.3) is 0 Å². The zero-order valence-corrected chi connectivity index (χ0v) is 16.1. The Balaban J connectivity index is 1.82. The van der Waals surface area contributed by atoms with Gasteiger partial charge in [-0.1, -0.05) is 54.6 Å². The van der Waals surface area contributed by atoms with Gasteiger partial charge in [-0.05, 0) is 47.9 Å². The lowest BCUT2D eigenvalue weighted by Gasteiger charge is -2.08.